The maximum atomic E-state index is 11.9. The first-order valence-corrected chi connectivity index (χ1v) is 7.55. The van der Waals surface area contributed by atoms with Crippen molar-refractivity contribution < 1.29 is 4.79 Å². The fourth-order valence-electron chi connectivity index (χ4n) is 1.75. The zero-order valence-corrected chi connectivity index (χ0v) is 13.3. The van der Waals surface area contributed by atoms with Gasteiger partial charge in [0.1, 0.15) is 0 Å². The summed E-state index contributed by atoms with van der Waals surface area (Å²) in [4.78, 5) is 16.0. The molecule has 1 unspecified atom stereocenters. The van der Waals surface area contributed by atoms with E-state index in [0.717, 1.165) is 12.1 Å². The molecule has 0 radical (unpaired) electrons. The Morgan fingerprint density at radius 2 is 2.27 bits per heavy atom. The van der Waals surface area contributed by atoms with Crippen LogP contribution in [0.4, 0.5) is 0 Å². The molecule has 1 atom stereocenters. The number of hydrogen-bond acceptors (Lipinski definition) is 3. The minimum Gasteiger partial charge on any atom is -0.353 e. The highest BCUT2D eigenvalue weighted by molar-refractivity contribution is 7.78. The van der Waals surface area contributed by atoms with Crippen molar-refractivity contribution in [3.8, 4) is 0 Å². The Morgan fingerprint density at radius 1 is 1.41 bits per heavy atom. The van der Waals surface area contributed by atoms with Crippen molar-refractivity contribution in [1.29, 1.82) is 0 Å². The van der Waals surface area contributed by atoms with E-state index in [0.29, 0.717) is 13.0 Å². The molecule has 1 aliphatic rings. The normalized spacial score (nSPS) is 17.3. The number of nitrogens with zero attached hydrogens (tertiary/aromatic N) is 1. The van der Waals surface area contributed by atoms with Gasteiger partial charge in [-0.05, 0) is 18.6 Å². The van der Waals surface area contributed by atoms with Crippen LogP contribution in [0, 0.1) is 0 Å². The van der Waals surface area contributed by atoms with Crippen LogP contribution in [0.2, 0.25) is 0 Å². The number of hydrogen-bond donors (Lipinski definition) is 2. The van der Waals surface area contributed by atoms with E-state index in [9.17, 15) is 4.79 Å². The summed E-state index contributed by atoms with van der Waals surface area (Å²) in [6.45, 7) is 4.25. The third-order valence-corrected chi connectivity index (χ3v) is 2.84. The van der Waals surface area contributed by atoms with Gasteiger partial charge in [-0.15, -0.1) is 0 Å². The van der Waals surface area contributed by atoms with Gasteiger partial charge in [0.2, 0.25) is 5.91 Å². The summed E-state index contributed by atoms with van der Waals surface area (Å²) in [5, 5.41) is 5.88. The highest BCUT2D eigenvalue weighted by Crippen LogP contribution is 2.03. The first-order valence-electron chi connectivity index (χ1n) is 7.08. The molecular weight excluding hydrogens is 294 g/mol. The van der Waals surface area contributed by atoms with Crippen molar-refractivity contribution >= 4 is 29.8 Å². The molecule has 4 nitrogen and oxygen atoms in total. The van der Waals surface area contributed by atoms with Gasteiger partial charge in [-0.1, -0.05) is 55.3 Å². The van der Waals surface area contributed by atoms with Crippen molar-refractivity contribution in [1.82, 2.24) is 10.6 Å². The van der Waals surface area contributed by atoms with Gasteiger partial charge < -0.3 is 10.6 Å². The second-order valence-corrected chi connectivity index (χ2v) is 4.71. The molecule has 0 fully saturated rings. The Morgan fingerprint density at radius 3 is 3.05 bits per heavy atom. The van der Waals surface area contributed by atoms with Gasteiger partial charge in [-0.25, -0.2) is 0 Å². The van der Waals surface area contributed by atoms with Gasteiger partial charge >= 0.3 is 0 Å². The molecule has 0 aromatic heterocycles. The van der Waals surface area contributed by atoms with Crippen LogP contribution in [-0.2, 0) is 4.79 Å². The summed E-state index contributed by atoms with van der Waals surface area (Å²) in [7, 11) is 0. The Kier molecular flexibility index (Phi) is 9.21. The standard InChI is InChI=1S/C17H21N3OS/c1-2-11-18-12-7-3-4-10-17(21)20-16-9-6-5-8-15(13-16)19-14-22/h2-6,8-9,11,13-14,16H,1,7,10,12H2,(H,19,22)(H,20,21)/b4-3-,18-11-. The lowest BCUT2D eigenvalue weighted by Gasteiger charge is -2.11. The minimum atomic E-state index is -0.148. The van der Waals surface area contributed by atoms with Crippen LogP contribution < -0.4 is 10.6 Å². The number of carbonyl (C=O) groups excluding carboxylic acids is 1. The molecule has 0 aromatic rings. The number of carbonyl (C=O) groups is 1. The van der Waals surface area contributed by atoms with E-state index in [1.807, 2.05) is 42.5 Å². The molecule has 1 aliphatic carbocycles. The molecule has 0 heterocycles. The molecule has 2 N–H and O–H groups in total. The van der Waals surface area contributed by atoms with Crippen LogP contribution >= 0.6 is 12.2 Å². The number of amides is 1. The topological polar surface area (TPSA) is 53.5 Å². The zero-order chi connectivity index (χ0) is 16.0. The molecule has 1 amide bonds. The van der Waals surface area contributed by atoms with Crippen molar-refractivity contribution in [2.45, 2.75) is 18.9 Å². The van der Waals surface area contributed by atoms with E-state index in [1.54, 1.807) is 12.3 Å². The highest BCUT2D eigenvalue weighted by atomic mass is 32.1. The summed E-state index contributed by atoms with van der Waals surface area (Å²) in [6.07, 6.45) is 17.8. The van der Waals surface area contributed by atoms with Gasteiger partial charge in [0, 0.05) is 24.9 Å². The van der Waals surface area contributed by atoms with Crippen LogP contribution in [-0.4, -0.2) is 30.2 Å². The Bertz CT molecular complexity index is 530. The number of nitrogens with one attached hydrogen (secondary N) is 2. The van der Waals surface area contributed by atoms with Crippen molar-refractivity contribution in [2.75, 3.05) is 6.54 Å². The maximum Gasteiger partial charge on any atom is 0.224 e. The van der Waals surface area contributed by atoms with Crippen LogP contribution in [0.3, 0.4) is 0 Å². The van der Waals surface area contributed by atoms with Gasteiger partial charge in [-0.2, -0.15) is 0 Å². The van der Waals surface area contributed by atoms with E-state index in [2.05, 4.69) is 22.2 Å². The number of allylic oxidation sites excluding steroid dienone is 4. The lowest BCUT2D eigenvalue weighted by molar-refractivity contribution is -0.120. The molecule has 0 aromatic carbocycles. The lowest BCUT2D eigenvalue weighted by atomic mass is 10.2. The average molecular weight is 315 g/mol. The molecule has 0 aliphatic heterocycles. The predicted molar refractivity (Wildman–Crippen MR) is 97.0 cm³/mol. The Balaban J connectivity index is 2.36. The second kappa shape index (κ2) is 11.4. The monoisotopic (exact) mass is 315 g/mol. The fourth-order valence-corrected chi connectivity index (χ4v) is 1.89. The average Bonchev–Trinajstić information content (AvgIpc) is 2.72. The largest absolute Gasteiger partial charge is 0.353 e. The van der Waals surface area contributed by atoms with Gasteiger partial charge in [0.15, 0.2) is 0 Å². The first-order chi connectivity index (χ1) is 10.8. The van der Waals surface area contributed by atoms with Crippen molar-refractivity contribution in [3.05, 3.63) is 60.9 Å². The molecule has 1 rings (SSSR count). The Labute approximate surface area is 137 Å². The van der Waals surface area contributed by atoms with Crippen LogP contribution in [0.25, 0.3) is 0 Å². The molecular formula is C17H21N3OS. The van der Waals surface area contributed by atoms with Crippen LogP contribution in [0.15, 0.2) is 65.9 Å². The zero-order valence-electron chi connectivity index (χ0n) is 12.4. The third-order valence-electron chi connectivity index (χ3n) is 2.72. The maximum absolute atomic E-state index is 11.9. The van der Waals surface area contributed by atoms with Gasteiger partial charge in [0.25, 0.3) is 0 Å². The summed E-state index contributed by atoms with van der Waals surface area (Å²) in [5.41, 5.74) is 2.30. The fraction of sp³-hybridized carbons (Fsp3) is 0.235. The quantitative estimate of drug-likeness (QED) is 0.298. The third kappa shape index (κ3) is 8.11. The molecule has 5 heteroatoms. The summed E-state index contributed by atoms with van der Waals surface area (Å²) in [5.74, 6) is -0.0275. The molecule has 0 spiro atoms. The summed E-state index contributed by atoms with van der Waals surface area (Å²) >= 11 is 4.77. The van der Waals surface area contributed by atoms with E-state index in [1.165, 1.54) is 5.49 Å². The van der Waals surface area contributed by atoms with Crippen molar-refractivity contribution in [2.24, 2.45) is 4.99 Å². The SMILES string of the molecule is C=C/C=N\CC/C=C\CC(=O)NC1C=CC=CC(NC=S)=C1. The van der Waals surface area contributed by atoms with Gasteiger partial charge in [-0.3, -0.25) is 9.79 Å². The molecule has 0 bridgehead atoms. The van der Waals surface area contributed by atoms with Crippen LogP contribution in [0.1, 0.15) is 12.8 Å². The van der Waals surface area contributed by atoms with E-state index < -0.39 is 0 Å². The number of rotatable bonds is 9. The number of thiocarbonyl (C=S) groups is 1. The lowest BCUT2D eigenvalue weighted by Crippen LogP contribution is -2.32. The second-order valence-electron chi connectivity index (χ2n) is 4.48. The van der Waals surface area contributed by atoms with Gasteiger partial charge in [0.05, 0.1) is 11.5 Å². The first kappa shape index (κ1) is 17.8. The molecule has 0 saturated carbocycles. The van der Waals surface area contributed by atoms with Crippen LogP contribution in [0.5, 0.6) is 0 Å². The number of aliphatic imine (C=N–C) groups is 1. The van der Waals surface area contributed by atoms with E-state index in [-0.39, 0.29) is 11.9 Å². The Hall–Kier alpha value is -2.27. The summed E-state index contributed by atoms with van der Waals surface area (Å²) < 4.78 is 0. The minimum absolute atomic E-state index is 0.0275. The molecule has 116 valence electrons. The van der Waals surface area contributed by atoms with E-state index in [4.69, 9.17) is 12.2 Å². The highest BCUT2D eigenvalue weighted by Gasteiger charge is 2.07. The molecule has 22 heavy (non-hydrogen) atoms. The molecule has 0 saturated heterocycles. The summed E-state index contributed by atoms with van der Waals surface area (Å²) in [6, 6.07) is -0.148. The smallest absolute Gasteiger partial charge is 0.224 e. The van der Waals surface area contributed by atoms with E-state index >= 15 is 0 Å². The predicted octanol–water partition coefficient (Wildman–Crippen LogP) is 2.62. The van der Waals surface area contributed by atoms with Crippen molar-refractivity contribution in [3.63, 3.8) is 0 Å².